The van der Waals surface area contributed by atoms with Crippen molar-refractivity contribution in [2.75, 3.05) is 5.75 Å². The van der Waals surface area contributed by atoms with Gasteiger partial charge >= 0.3 is 0 Å². The van der Waals surface area contributed by atoms with E-state index in [1.807, 2.05) is 38.1 Å². The van der Waals surface area contributed by atoms with E-state index in [9.17, 15) is 0 Å². The number of para-hydroxylation sites is 1. The van der Waals surface area contributed by atoms with E-state index in [1.54, 1.807) is 11.8 Å². The van der Waals surface area contributed by atoms with Crippen molar-refractivity contribution >= 4 is 11.8 Å². The molecular formula is C14H17N3O2S. The second-order valence-corrected chi connectivity index (χ2v) is 6.19. The Kier molecular flexibility index (Phi) is 3.67. The Labute approximate surface area is 121 Å². The summed E-state index contributed by atoms with van der Waals surface area (Å²) in [5, 5.41) is 4.01. The lowest BCUT2D eigenvalue weighted by Gasteiger charge is -2.22. The van der Waals surface area contributed by atoms with Crippen molar-refractivity contribution in [3.05, 3.63) is 36.0 Å². The van der Waals surface area contributed by atoms with Gasteiger partial charge in [-0.3, -0.25) is 0 Å². The third-order valence-corrected chi connectivity index (χ3v) is 4.38. The van der Waals surface area contributed by atoms with E-state index < -0.39 is 0 Å². The summed E-state index contributed by atoms with van der Waals surface area (Å²) in [6.07, 6.45) is -0.188. The minimum absolute atomic E-state index is 0.188. The Bertz CT molecular complexity index is 600. The Morgan fingerprint density at radius 2 is 2.15 bits per heavy atom. The zero-order valence-electron chi connectivity index (χ0n) is 11.4. The number of ether oxygens (including phenoxy) is 1. The monoisotopic (exact) mass is 291 g/mol. The molecule has 0 fully saturated rings. The van der Waals surface area contributed by atoms with Gasteiger partial charge in [-0.25, -0.2) is 0 Å². The third kappa shape index (κ3) is 2.53. The van der Waals surface area contributed by atoms with E-state index >= 15 is 0 Å². The van der Waals surface area contributed by atoms with Crippen molar-refractivity contribution in [3.63, 3.8) is 0 Å². The molecule has 0 aliphatic carbocycles. The number of aromatic nitrogens is 2. The molecule has 3 rings (SSSR count). The summed E-state index contributed by atoms with van der Waals surface area (Å²) in [6.45, 7) is 4.05. The van der Waals surface area contributed by atoms with Crippen LogP contribution in [0.4, 0.5) is 0 Å². The second-order valence-electron chi connectivity index (χ2n) is 5.12. The molecule has 1 unspecified atom stereocenters. The molecule has 2 N–H and O–H groups in total. The third-order valence-electron chi connectivity index (χ3n) is 3.26. The summed E-state index contributed by atoms with van der Waals surface area (Å²) in [5.74, 6) is 2.94. The van der Waals surface area contributed by atoms with Gasteiger partial charge in [-0.05, 0) is 18.1 Å². The van der Waals surface area contributed by atoms with Crippen molar-refractivity contribution < 1.29 is 9.26 Å². The van der Waals surface area contributed by atoms with E-state index in [2.05, 4.69) is 10.1 Å². The molecule has 2 aromatic rings. The van der Waals surface area contributed by atoms with Gasteiger partial charge < -0.3 is 15.0 Å². The molecule has 0 amide bonds. The molecule has 0 bridgehead atoms. The first kappa shape index (κ1) is 13.5. The van der Waals surface area contributed by atoms with Crippen LogP contribution in [0.5, 0.6) is 5.75 Å². The minimum atomic E-state index is -0.236. The summed E-state index contributed by atoms with van der Waals surface area (Å²) >= 11 is 1.74. The summed E-state index contributed by atoms with van der Waals surface area (Å²) in [5.41, 5.74) is 6.01. The quantitative estimate of drug-likeness (QED) is 0.937. The Morgan fingerprint density at radius 3 is 2.95 bits per heavy atom. The van der Waals surface area contributed by atoms with E-state index in [0.29, 0.717) is 11.7 Å². The van der Waals surface area contributed by atoms with E-state index in [0.717, 1.165) is 16.4 Å². The smallest absolute Gasteiger partial charge is 0.243 e. The van der Waals surface area contributed by atoms with Crippen molar-refractivity contribution in [1.82, 2.24) is 10.1 Å². The molecule has 1 aliphatic heterocycles. The van der Waals surface area contributed by atoms with Gasteiger partial charge in [0, 0.05) is 10.6 Å². The van der Waals surface area contributed by atoms with Gasteiger partial charge in [0.15, 0.2) is 6.10 Å². The molecular weight excluding hydrogens is 274 g/mol. The summed E-state index contributed by atoms with van der Waals surface area (Å²) < 4.78 is 11.2. The molecule has 0 saturated heterocycles. The van der Waals surface area contributed by atoms with Gasteiger partial charge in [0.25, 0.3) is 0 Å². The largest absolute Gasteiger partial charge is 0.480 e. The first-order valence-corrected chi connectivity index (χ1v) is 7.61. The minimum Gasteiger partial charge on any atom is -0.480 e. The van der Waals surface area contributed by atoms with Crippen LogP contribution in [0.2, 0.25) is 0 Å². The number of thioether (sulfide) groups is 1. The molecule has 20 heavy (non-hydrogen) atoms. The average Bonchev–Trinajstić information content (AvgIpc) is 2.95. The Balaban J connectivity index is 1.78. The summed E-state index contributed by atoms with van der Waals surface area (Å²) in [6, 6.07) is 7.73. The summed E-state index contributed by atoms with van der Waals surface area (Å²) in [7, 11) is 0. The predicted molar refractivity (Wildman–Crippen MR) is 76.6 cm³/mol. The van der Waals surface area contributed by atoms with Crippen LogP contribution in [-0.2, 0) is 0 Å². The van der Waals surface area contributed by atoms with Crippen LogP contribution in [0.3, 0.4) is 0 Å². The predicted octanol–water partition coefficient (Wildman–Crippen LogP) is 2.95. The Hall–Kier alpha value is -1.53. The van der Waals surface area contributed by atoms with Gasteiger partial charge in [0.2, 0.25) is 11.7 Å². The highest BCUT2D eigenvalue weighted by Gasteiger charge is 2.27. The zero-order valence-corrected chi connectivity index (χ0v) is 12.3. The van der Waals surface area contributed by atoms with E-state index in [4.69, 9.17) is 15.0 Å². The van der Waals surface area contributed by atoms with Gasteiger partial charge in [-0.1, -0.05) is 31.1 Å². The molecule has 106 valence electrons. The van der Waals surface area contributed by atoms with Crippen LogP contribution in [0.1, 0.15) is 37.7 Å². The number of fused-ring (bicyclic) bond motifs is 1. The van der Waals surface area contributed by atoms with Crippen molar-refractivity contribution in [2.45, 2.75) is 30.9 Å². The number of rotatable bonds is 3. The van der Waals surface area contributed by atoms with Gasteiger partial charge in [-0.15, -0.1) is 11.8 Å². The van der Waals surface area contributed by atoms with Crippen LogP contribution in [0, 0.1) is 5.92 Å². The van der Waals surface area contributed by atoms with Crippen molar-refractivity contribution in [2.24, 2.45) is 11.7 Å². The number of nitrogens with zero attached hydrogens (tertiary/aromatic N) is 2. The van der Waals surface area contributed by atoms with Crippen LogP contribution >= 0.6 is 11.8 Å². The van der Waals surface area contributed by atoms with Crippen LogP contribution < -0.4 is 10.5 Å². The van der Waals surface area contributed by atoms with Gasteiger partial charge in [0.1, 0.15) is 5.75 Å². The summed E-state index contributed by atoms with van der Waals surface area (Å²) in [4.78, 5) is 5.53. The molecule has 0 radical (unpaired) electrons. The Morgan fingerprint density at radius 1 is 1.35 bits per heavy atom. The van der Waals surface area contributed by atoms with Crippen LogP contribution in [-0.4, -0.2) is 15.9 Å². The first-order chi connectivity index (χ1) is 9.65. The molecule has 1 aliphatic rings. The topological polar surface area (TPSA) is 74.2 Å². The molecule has 2 atom stereocenters. The normalized spacial score (nSPS) is 19.5. The fourth-order valence-corrected chi connectivity index (χ4v) is 2.93. The fourth-order valence-electron chi connectivity index (χ4n) is 1.95. The SMILES string of the molecule is CC(C)[C@@H](N)c1nc(C2CSc3ccccc3O2)no1. The zero-order chi connectivity index (χ0) is 14.1. The lowest BCUT2D eigenvalue weighted by atomic mass is 10.1. The fraction of sp³-hybridized carbons (Fsp3) is 0.429. The maximum absolute atomic E-state index is 6.01. The maximum Gasteiger partial charge on any atom is 0.243 e. The molecule has 5 nitrogen and oxygen atoms in total. The second kappa shape index (κ2) is 5.46. The number of hydrogen-bond acceptors (Lipinski definition) is 6. The number of nitrogens with two attached hydrogens (primary N) is 1. The van der Waals surface area contributed by atoms with Crippen molar-refractivity contribution in [1.29, 1.82) is 0 Å². The van der Waals surface area contributed by atoms with Gasteiger partial charge in [-0.2, -0.15) is 4.98 Å². The van der Waals surface area contributed by atoms with Crippen LogP contribution in [0.15, 0.2) is 33.7 Å². The highest BCUT2D eigenvalue weighted by Crippen LogP contribution is 2.39. The van der Waals surface area contributed by atoms with Gasteiger partial charge in [0.05, 0.1) is 6.04 Å². The molecule has 1 aromatic heterocycles. The number of hydrogen-bond donors (Lipinski definition) is 1. The first-order valence-electron chi connectivity index (χ1n) is 6.62. The molecule has 1 aromatic carbocycles. The molecule has 2 heterocycles. The van der Waals surface area contributed by atoms with Crippen LogP contribution in [0.25, 0.3) is 0 Å². The van der Waals surface area contributed by atoms with E-state index in [1.165, 1.54) is 0 Å². The molecule has 0 saturated carbocycles. The number of benzene rings is 1. The standard InChI is InChI=1S/C14H17N3O2S/c1-8(2)12(15)14-16-13(17-19-14)10-7-20-11-6-4-3-5-9(11)18-10/h3-6,8,10,12H,7,15H2,1-2H3/t10?,12-/m1/s1. The maximum atomic E-state index is 6.01. The highest BCUT2D eigenvalue weighted by molar-refractivity contribution is 7.99. The molecule has 6 heteroatoms. The molecule has 0 spiro atoms. The lowest BCUT2D eigenvalue weighted by molar-refractivity contribution is 0.204. The van der Waals surface area contributed by atoms with Crippen molar-refractivity contribution in [3.8, 4) is 5.75 Å². The lowest BCUT2D eigenvalue weighted by Crippen LogP contribution is -2.18. The van der Waals surface area contributed by atoms with E-state index in [-0.39, 0.29) is 18.1 Å². The highest BCUT2D eigenvalue weighted by atomic mass is 32.2. The average molecular weight is 291 g/mol.